The summed E-state index contributed by atoms with van der Waals surface area (Å²) in [6, 6.07) is 0.384. The molecule has 25 heavy (non-hydrogen) atoms. The molecule has 0 aromatic heterocycles. The molecule has 2 unspecified atom stereocenters. The van der Waals surface area contributed by atoms with Gasteiger partial charge in [-0.3, -0.25) is 9.69 Å². The molecule has 5 nitrogen and oxygen atoms in total. The number of aliphatic hydroxyl groups excluding tert-OH is 1. The zero-order chi connectivity index (χ0) is 16.4. The van der Waals surface area contributed by atoms with Crippen LogP contribution in [-0.4, -0.2) is 72.2 Å². The van der Waals surface area contributed by atoms with Gasteiger partial charge >= 0.3 is 0 Å². The molecular formula is C18H35Cl2N3O2. The van der Waals surface area contributed by atoms with E-state index in [4.69, 9.17) is 0 Å². The molecule has 0 aromatic carbocycles. The van der Waals surface area contributed by atoms with Gasteiger partial charge in [0, 0.05) is 38.8 Å². The molecular weight excluding hydrogens is 361 g/mol. The Morgan fingerprint density at radius 3 is 2.76 bits per heavy atom. The number of rotatable bonds is 4. The van der Waals surface area contributed by atoms with Gasteiger partial charge in [0.05, 0.1) is 11.5 Å². The lowest BCUT2D eigenvalue weighted by molar-refractivity contribution is -0.148. The molecule has 1 saturated carbocycles. The Morgan fingerprint density at radius 1 is 1.32 bits per heavy atom. The number of halogens is 2. The third-order valence-electron chi connectivity index (χ3n) is 6.33. The van der Waals surface area contributed by atoms with Crippen molar-refractivity contribution >= 4 is 30.7 Å². The highest BCUT2D eigenvalue weighted by molar-refractivity contribution is 5.85. The number of nitrogens with zero attached hydrogens (tertiary/aromatic N) is 2. The fourth-order valence-corrected chi connectivity index (χ4v) is 5.03. The monoisotopic (exact) mass is 395 g/mol. The Hall–Kier alpha value is -0.0700. The van der Waals surface area contributed by atoms with Gasteiger partial charge in [0.1, 0.15) is 0 Å². The van der Waals surface area contributed by atoms with Gasteiger partial charge in [-0.05, 0) is 38.6 Å². The predicted octanol–water partition coefficient (Wildman–Crippen LogP) is 1.91. The number of β-amino-alcohol motifs (C(OH)–C–C–N with tert-alkyl or cyclic N) is 1. The van der Waals surface area contributed by atoms with Crippen LogP contribution in [-0.2, 0) is 4.79 Å². The van der Waals surface area contributed by atoms with Crippen LogP contribution >= 0.6 is 24.8 Å². The minimum Gasteiger partial charge on any atom is -0.392 e. The quantitative estimate of drug-likeness (QED) is 0.763. The van der Waals surface area contributed by atoms with Crippen molar-refractivity contribution in [1.29, 1.82) is 0 Å². The average Bonchev–Trinajstić information content (AvgIpc) is 2.99. The highest BCUT2D eigenvalue weighted by atomic mass is 35.5. The summed E-state index contributed by atoms with van der Waals surface area (Å²) in [4.78, 5) is 17.9. The molecule has 2 heterocycles. The van der Waals surface area contributed by atoms with Gasteiger partial charge in [-0.15, -0.1) is 24.8 Å². The van der Waals surface area contributed by atoms with Gasteiger partial charge in [0.2, 0.25) is 5.91 Å². The number of fused-ring (bicyclic) bond motifs is 1. The molecule has 2 N–H and O–H groups in total. The van der Waals surface area contributed by atoms with E-state index in [1.54, 1.807) is 0 Å². The van der Waals surface area contributed by atoms with Gasteiger partial charge in [-0.1, -0.05) is 19.8 Å². The number of carbonyl (C=O) groups is 1. The van der Waals surface area contributed by atoms with E-state index in [0.717, 1.165) is 52.1 Å². The van der Waals surface area contributed by atoms with Crippen molar-refractivity contribution in [2.75, 3.05) is 39.3 Å². The first-order valence-electron chi connectivity index (χ1n) is 9.49. The maximum atomic E-state index is 13.4. The molecule has 1 aliphatic carbocycles. The largest absolute Gasteiger partial charge is 0.392 e. The Bertz CT molecular complexity index is 439. The van der Waals surface area contributed by atoms with Crippen molar-refractivity contribution in [3.63, 3.8) is 0 Å². The van der Waals surface area contributed by atoms with Gasteiger partial charge in [-0.25, -0.2) is 0 Å². The maximum absolute atomic E-state index is 13.4. The highest BCUT2D eigenvalue weighted by Gasteiger charge is 2.51. The molecule has 3 rings (SSSR count). The number of carbonyl (C=O) groups excluding carboxylic acids is 1. The Balaban J connectivity index is 0.00000156. The standard InChI is InChI=1S/C18H33N3O2.2ClH/c1-3-16-12-21(9-8-20(16)11-14(2)22)17(23)18-7-5-4-6-15(18)10-19-13-18;;/h14-16,19,22H,3-13H2,1-2H3;2*1H/t14?,15-,16?,18+;;/m0../s1. The minimum absolute atomic E-state index is 0. The zero-order valence-electron chi connectivity index (χ0n) is 15.6. The lowest BCUT2D eigenvalue weighted by Crippen LogP contribution is -2.59. The van der Waals surface area contributed by atoms with E-state index in [2.05, 4.69) is 22.0 Å². The van der Waals surface area contributed by atoms with Crippen LogP contribution < -0.4 is 5.32 Å². The maximum Gasteiger partial charge on any atom is 0.230 e. The van der Waals surface area contributed by atoms with Crippen LogP contribution in [0.2, 0.25) is 0 Å². The zero-order valence-corrected chi connectivity index (χ0v) is 17.2. The number of amides is 1. The SMILES string of the molecule is CCC1CN(C(=O)[C@@]23CCCC[C@H]2CNC3)CCN1CC(C)O.Cl.Cl. The first-order valence-corrected chi connectivity index (χ1v) is 9.49. The van der Waals surface area contributed by atoms with Crippen molar-refractivity contribution in [3.8, 4) is 0 Å². The molecule has 0 aromatic rings. The second-order valence-corrected chi connectivity index (χ2v) is 7.89. The first kappa shape index (κ1) is 23.0. The molecule has 0 bridgehead atoms. The number of nitrogens with one attached hydrogen (secondary N) is 1. The van der Waals surface area contributed by atoms with E-state index in [0.29, 0.717) is 17.9 Å². The third kappa shape index (κ3) is 4.62. The van der Waals surface area contributed by atoms with Crippen LogP contribution in [0.25, 0.3) is 0 Å². The summed E-state index contributed by atoms with van der Waals surface area (Å²) in [6.45, 7) is 9.19. The molecule has 0 radical (unpaired) electrons. The van der Waals surface area contributed by atoms with E-state index >= 15 is 0 Å². The van der Waals surface area contributed by atoms with E-state index < -0.39 is 0 Å². The van der Waals surface area contributed by atoms with E-state index in [1.807, 2.05) is 6.92 Å². The highest BCUT2D eigenvalue weighted by Crippen LogP contribution is 2.45. The van der Waals surface area contributed by atoms with Gasteiger partial charge < -0.3 is 15.3 Å². The molecule has 3 aliphatic rings. The van der Waals surface area contributed by atoms with E-state index in [-0.39, 0.29) is 36.3 Å². The Morgan fingerprint density at radius 2 is 2.08 bits per heavy atom. The molecule has 2 aliphatic heterocycles. The second kappa shape index (κ2) is 9.75. The second-order valence-electron chi connectivity index (χ2n) is 7.89. The number of hydrogen-bond acceptors (Lipinski definition) is 4. The normalized spacial score (nSPS) is 33.8. The van der Waals surface area contributed by atoms with Crippen molar-refractivity contribution in [2.24, 2.45) is 11.3 Å². The lowest BCUT2D eigenvalue weighted by atomic mass is 9.67. The summed E-state index contributed by atoms with van der Waals surface area (Å²) in [5.74, 6) is 0.946. The smallest absolute Gasteiger partial charge is 0.230 e. The summed E-state index contributed by atoms with van der Waals surface area (Å²) in [6.07, 6.45) is 5.48. The molecule has 7 heteroatoms. The predicted molar refractivity (Wildman–Crippen MR) is 106 cm³/mol. The summed E-state index contributed by atoms with van der Waals surface area (Å²) in [5.41, 5.74) is -0.122. The van der Waals surface area contributed by atoms with Crippen LogP contribution in [0, 0.1) is 11.3 Å². The summed E-state index contributed by atoms with van der Waals surface area (Å²) < 4.78 is 0. The first-order chi connectivity index (χ1) is 11.1. The summed E-state index contributed by atoms with van der Waals surface area (Å²) >= 11 is 0. The Labute approximate surface area is 164 Å². The van der Waals surface area contributed by atoms with Crippen molar-refractivity contribution in [3.05, 3.63) is 0 Å². The molecule has 4 atom stereocenters. The summed E-state index contributed by atoms with van der Waals surface area (Å²) in [5, 5.41) is 13.2. The third-order valence-corrected chi connectivity index (χ3v) is 6.33. The minimum atomic E-state index is -0.299. The fourth-order valence-electron chi connectivity index (χ4n) is 5.03. The van der Waals surface area contributed by atoms with Crippen LogP contribution in [0.4, 0.5) is 0 Å². The van der Waals surface area contributed by atoms with Crippen LogP contribution in [0.3, 0.4) is 0 Å². The number of hydrogen-bond donors (Lipinski definition) is 2. The van der Waals surface area contributed by atoms with Crippen molar-refractivity contribution in [2.45, 2.75) is 58.1 Å². The van der Waals surface area contributed by atoms with Crippen LogP contribution in [0.15, 0.2) is 0 Å². The molecule has 1 amide bonds. The van der Waals surface area contributed by atoms with Gasteiger partial charge in [0.15, 0.2) is 0 Å². The molecule has 0 spiro atoms. The van der Waals surface area contributed by atoms with Crippen LogP contribution in [0.1, 0.15) is 46.0 Å². The summed E-state index contributed by atoms with van der Waals surface area (Å²) in [7, 11) is 0. The topological polar surface area (TPSA) is 55.8 Å². The lowest BCUT2D eigenvalue weighted by Gasteiger charge is -2.46. The number of piperazine rings is 1. The molecule has 148 valence electrons. The fraction of sp³-hybridized carbons (Fsp3) is 0.944. The average molecular weight is 396 g/mol. The van der Waals surface area contributed by atoms with Gasteiger partial charge in [0.25, 0.3) is 0 Å². The van der Waals surface area contributed by atoms with Crippen molar-refractivity contribution in [1.82, 2.24) is 15.1 Å². The number of aliphatic hydroxyl groups is 1. The molecule has 3 fully saturated rings. The molecule has 2 saturated heterocycles. The van der Waals surface area contributed by atoms with E-state index in [1.165, 1.54) is 19.3 Å². The van der Waals surface area contributed by atoms with Crippen molar-refractivity contribution < 1.29 is 9.90 Å². The Kier molecular flexibility index (Phi) is 8.95. The van der Waals surface area contributed by atoms with Crippen LogP contribution in [0.5, 0.6) is 0 Å². The van der Waals surface area contributed by atoms with Gasteiger partial charge in [-0.2, -0.15) is 0 Å². The van der Waals surface area contributed by atoms with E-state index in [9.17, 15) is 9.90 Å².